The van der Waals surface area contributed by atoms with Crippen molar-refractivity contribution in [1.82, 2.24) is 0 Å². The molecule has 0 saturated carbocycles. The molecule has 0 aliphatic carbocycles. The average molecular weight is 437 g/mol. The maximum absolute atomic E-state index is 13.0. The van der Waals surface area contributed by atoms with Crippen LogP contribution in [0.5, 0.6) is 17.2 Å². The molecule has 0 aliphatic heterocycles. The summed E-state index contributed by atoms with van der Waals surface area (Å²) in [4.78, 5) is 37.2. The van der Waals surface area contributed by atoms with E-state index >= 15 is 0 Å². The van der Waals surface area contributed by atoms with Crippen molar-refractivity contribution < 1.29 is 28.6 Å². The standard InChI is InChI=1S/C23H21N2O7/c1-4-13-5-7-14(8-6-13)24-22(28)15-9-19(30-2)20(31-3)10-16(15)25-23(29)21-11-17(26)18(27)12-32-21/h5-12,27H,1,4H2,2-3H3,(H,24,28)(H,25,29). The number of anilines is 2. The maximum atomic E-state index is 13.0. The SMILES string of the molecule is [CH2]Cc1ccc(NC(=O)c2cc(OC)c(OC)cc2NC(=O)c2cc(=O)c(O)co2)cc1. The predicted molar refractivity (Wildman–Crippen MR) is 118 cm³/mol. The normalized spacial score (nSPS) is 10.3. The van der Waals surface area contributed by atoms with E-state index in [2.05, 4.69) is 17.6 Å². The van der Waals surface area contributed by atoms with Gasteiger partial charge in [0.05, 0.1) is 25.5 Å². The monoisotopic (exact) mass is 437 g/mol. The van der Waals surface area contributed by atoms with E-state index in [4.69, 9.17) is 13.9 Å². The first-order valence-corrected chi connectivity index (χ1v) is 9.45. The first kappa shape index (κ1) is 22.4. The third kappa shape index (κ3) is 4.89. The number of nitrogens with one attached hydrogen (secondary N) is 2. The van der Waals surface area contributed by atoms with Gasteiger partial charge in [-0.15, -0.1) is 0 Å². The molecule has 2 aromatic carbocycles. The van der Waals surface area contributed by atoms with Crippen molar-refractivity contribution in [2.75, 3.05) is 24.9 Å². The lowest BCUT2D eigenvalue weighted by atomic mass is 10.1. The highest BCUT2D eigenvalue weighted by molar-refractivity contribution is 6.12. The Hall–Kier alpha value is -4.27. The van der Waals surface area contributed by atoms with E-state index < -0.39 is 23.0 Å². The fourth-order valence-electron chi connectivity index (χ4n) is 2.83. The van der Waals surface area contributed by atoms with Gasteiger partial charge < -0.3 is 29.6 Å². The number of methoxy groups -OCH3 is 2. The van der Waals surface area contributed by atoms with Gasteiger partial charge in [0.25, 0.3) is 11.8 Å². The average Bonchev–Trinajstić information content (AvgIpc) is 2.80. The first-order chi connectivity index (χ1) is 15.4. The van der Waals surface area contributed by atoms with Gasteiger partial charge in [0.1, 0.15) is 6.26 Å². The van der Waals surface area contributed by atoms with Crippen LogP contribution in [0.3, 0.4) is 0 Å². The number of carbonyl (C=O) groups excluding carboxylic acids is 2. The Bertz CT molecular complexity index is 1200. The van der Waals surface area contributed by atoms with Gasteiger partial charge in [-0.2, -0.15) is 0 Å². The van der Waals surface area contributed by atoms with E-state index in [0.717, 1.165) is 17.9 Å². The lowest BCUT2D eigenvalue weighted by molar-refractivity contribution is 0.0994. The first-order valence-electron chi connectivity index (χ1n) is 9.45. The molecule has 1 heterocycles. The molecule has 0 unspecified atom stereocenters. The van der Waals surface area contributed by atoms with E-state index in [0.29, 0.717) is 12.1 Å². The molecule has 3 aromatic rings. The van der Waals surface area contributed by atoms with Crippen LogP contribution in [-0.2, 0) is 6.42 Å². The van der Waals surface area contributed by atoms with Gasteiger partial charge in [-0.05, 0) is 37.1 Å². The van der Waals surface area contributed by atoms with Crippen molar-refractivity contribution in [3.05, 3.63) is 82.8 Å². The Kier molecular flexibility index (Phi) is 6.79. The van der Waals surface area contributed by atoms with Crippen molar-refractivity contribution in [3.63, 3.8) is 0 Å². The molecule has 165 valence electrons. The van der Waals surface area contributed by atoms with Crippen LogP contribution in [0.4, 0.5) is 11.4 Å². The third-order valence-electron chi connectivity index (χ3n) is 4.55. The van der Waals surface area contributed by atoms with Crippen LogP contribution in [0, 0.1) is 6.92 Å². The van der Waals surface area contributed by atoms with Crippen LogP contribution >= 0.6 is 0 Å². The van der Waals surface area contributed by atoms with Crippen LogP contribution in [0.15, 0.2) is 57.9 Å². The Morgan fingerprint density at radius 2 is 1.66 bits per heavy atom. The molecule has 9 heteroatoms. The maximum Gasteiger partial charge on any atom is 0.291 e. The lowest BCUT2D eigenvalue weighted by Gasteiger charge is -2.15. The number of hydrogen-bond acceptors (Lipinski definition) is 7. The summed E-state index contributed by atoms with van der Waals surface area (Å²) in [7, 11) is 2.83. The molecule has 0 fully saturated rings. The molecule has 0 spiro atoms. The van der Waals surface area contributed by atoms with Crippen LogP contribution in [0.1, 0.15) is 26.5 Å². The van der Waals surface area contributed by atoms with Crippen molar-refractivity contribution in [1.29, 1.82) is 0 Å². The number of aromatic hydroxyl groups is 1. The topological polar surface area (TPSA) is 127 Å². The molecule has 1 aromatic heterocycles. The van der Waals surface area contributed by atoms with E-state index in [1.807, 2.05) is 12.1 Å². The molecule has 3 rings (SSSR count). The smallest absolute Gasteiger partial charge is 0.291 e. The number of rotatable bonds is 7. The third-order valence-corrected chi connectivity index (χ3v) is 4.55. The van der Waals surface area contributed by atoms with Crippen LogP contribution < -0.4 is 25.5 Å². The minimum absolute atomic E-state index is 0.0818. The van der Waals surface area contributed by atoms with Crippen molar-refractivity contribution in [2.45, 2.75) is 6.42 Å². The number of amides is 2. The summed E-state index contributed by atoms with van der Waals surface area (Å²) in [6.45, 7) is 3.81. The van der Waals surface area contributed by atoms with Crippen LogP contribution in [-0.4, -0.2) is 31.1 Å². The number of benzene rings is 2. The number of hydrogen-bond donors (Lipinski definition) is 3. The largest absolute Gasteiger partial charge is 0.502 e. The van der Waals surface area contributed by atoms with Crippen molar-refractivity contribution >= 4 is 23.2 Å². The molecule has 2 amide bonds. The Morgan fingerprint density at radius 1 is 1.00 bits per heavy atom. The summed E-state index contributed by atoms with van der Waals surface area (Å²) in [5, 5.41) is 14.6. The fourth-order valence-corrected chi connectivity index (χ4v) is 2.83. The zero-order chi connectivity index (χ0) is 23.3. The lowest BCUT2D eigenvalue weighted by Crippen LogP contribution is -2.19. The molecule has 3 N–H and O–H groups in total. The second-order valence-electron chi connectivity index (χ2n) is 6.60. The quantitative estimate of drug-likeness (QED) is 0.518. The number of ether oxygens (including phenoxy) is 2. The zero-order valence-corrected chi connectivity index (χ0v) is 17.4. The second kappa shape index (κ2) is 9.69. The highest BCUT2D eigenvalue weighted by Crippen LogP contribution is 2.34. The summed E-state index contributed by atoms with van der Waals surface area (Å²) in [6.07, 6.45) is 1.38. The van der Waals surface area contributed by atoms with Gasteiger partial charge >= 0.3 is 0 Å². The summed E-state index contributed by atoms with van der Waals surface area (Å²) in [5.41, 5.74) is 0.951. The zero-order valence-electron chi connectivity index (χ0n) is 17.4. The van der Waals surface area contributed by atoms with Crippen LogP contribution in [0.25, 0.3) is 0 Å². The molecular weight excluding hydrogens is 416 g/mol. The molecule has 0 bridgehead atoms. The molecule has 32 heavy (non-hydrogen) atoms. The van der Waals surface area contributed by atoms with Gasteiger partial charge in [-0.3, -0.25) is 14.4 Å². The Morgan fingerprint density at radius 3 is 2.25 bits per heavy atom. The van der Waals surface area contributed by atoms with Gasteiger partial charge in [-0.1, -0.05) is 12.1 Å². The fraction of sp³-hybridized carbons (Fsp3) is 0.130. The highest BCUT2D eigenvalue weighted by Gasteiger charge is 2.21. The summed E-state index contributed by atoms with van der Waals surface area (Å²) >= 11 is 0. The van der Waals surface area contributed by atoms with E-state index in [-0.39, 0.29) is 28.5 Å². The van der Waals surface area contributed by atoms with Crippen molar-refractivity contribution in [2.24, 2.45) is 0 Å². The number of carbonyl (C=O) groups is 2. The van der Waals surface area contributed by atoms with E-state index in [9.17, 15) is 19.5 Å². The minimum Gasteiger partial charge on any atom is -0.502 e. The molecule has 0 aliphatic rings. The summed E-state index contributed by atoms with van der Waals surface area (Å²) < 4.78 is 15.5. The Balaban J connectivity index is 1.96. The van der Waals surface area contributed by atoms with Crippen LogP contribution in [0.2, 0.25) is 0 Å². The highest BCUT2D eigenvalue weighted by atomic mass is 16.5. The van der Waals surface area contributed by atoms with Gasteiger partial charge in [-0.25, -0.2) is 0 Å². The Labute approximate surface area is 183 Å². The summed E-state index contributed by atoms with van der Waals surface area (Å²) in [5.74, 6) is -1.75. The minimum atomic E-state index is -0.803. The van der Waals surface area contributed by atoms with E-state index in [1.165, 1.54) is 26.4 Å². The molecule has 0 saturated heterocycles. The van der Waals surface area contributed by atoms with Gasteiger partial charge in [0, 0.05) is 17.8 Å². The molecule has 0 atom stereocenters. The molecule has 1 radical (unpaired) electrons. The van der Waals surface area contributed by atoms with E-state index in [1.54, 1.807) is 12.1 Å². The molecular formula is C23H21N2O7. The van der Waals surface area contributed by atoms with Crippen molar-refractivity contribution in [3.8, 4) is 17.2 Å². The molecule has 9 nitrogen and oxygen atoms in total. The van der Waals surface area contributed by atoms with Gasteiger partial charge in [0.2, 0.25) is 5.43 Å². The predicted octanol–water partition coefficient (Wildman–Crippen LogP) is 3.24. The van der Waals surface area contributed by atoms with Gasteiger partial charge in [0.15, 0.2) is 23.0 Å². The second-order valence-corrected chi connectivity index (χ2v) is 6.60. The summed E-state index contributed by atoms with van der Waals surface area (Å²) in [6, 6.07) is 10.8.